The van der Waals surface area contributed by atoms with Crippen LogP contribution in [0.2, 0.25) is 0 Å². The molecule has 2 aromatic heterocycles. The topological polar surface area (TPSA) is 66.5 Å². The summed E-state index contributed by atoms with van der Waals surface area (Å²) in [6, 6.07) is 4.11. The minimum Gasteiger partial charge on any atom is -0.351 e. The van der Waals surface area contributed by atoms with Crippen LogP contribution >= 0.6 is 0 Å². The van der Waals surface area contributed by atoms with E-state index in [1.165, 1.54) is 0 Å². The molecule has 0 aliphatic rings. The second kappa shape index (κ2) is 4.66. The highest BCUT2D eigenvalue weighted by Gasteiger charge is 2.05. The Morgan fingerprint density at radius 3 is 2.88 bits per heavy atom. The van der Waals surface area contributed by atoms with E-state index in [-0.39, 0.29) is 0 Å². The lowest BCUT2D eigenvalue weighted by atomic mass is 10.2. The fourth-order valence-corrected chi connectivity index (χ4v) is 1.43. The van der Waals surface area contributed by atoms with E-state index >= 15 is 0 Å². The van der Waals surface area contributed by atoms with Crippen molar-refractivity contribution in [1.82, 2.24) is 14.8 Å². The van der Waals surface area contributed by atoms with Crippen LogP contribution in [0.1, 0.15) is 25.5 Å². The lowest BCUT2D eigenvalue weighted by Crippen LogP contribution is -2.00. The van der Waals surface area contributed by atoms with Gasteiger partial charge in [0.2, 0.25) is 0 Å². The molecule has 0 amide bonds. The molecular weight excluding hydrogens is 214 g/mol. The Hall–Kier alpha value is -2.35. The van der Waals surface area contributed by atoms with Crippen LogP contribution in [-0.4, -0.2) is 14.8 Å². The summed E-state index contributed by atoms with van der Waals surface area (Å²) in [5.41, 5.74) is 2.11. The van der Waals surface area contributed by atoms with Crippen molar-refractivity contribution in [3.05, 3.63) is 36.4 Å². The van der Waals surface area contributed by atoms with Gasteiger partial charge in [0.1, 0.15) is 6.07 Å². The lowest BCUT2D eigenvalue weighted by molar-refractivity contribution is 0.532. The zero-order valence-corrected chi connectivity index (χ0v) is 9.75. The highest BCUT2D eigenvalue weighted by Crippen LogP contribution is 2.19. The summed E-state index contributed by atoms with van der Waals surface area (Å²) in [5.74, 6) is 0. The Balaban J connectivity index is 2.23. The molecule has 0 spiro atoms. The van der Waals surface area contributed by atoms with E-state index in [1.54, 1.807) is 24.7 Å². The van der Waals surface area contributed by atoms with Gasteiger partial charge >= 0.3 is 0 Å². The minimum absolute atomic E-state index is 0.315. The average molecular weight is 227 g/mol. The van der Waals surface area contributed by atoms with Gasteiger partial charge in [-0.15, -0.1) is 0 Å². The molecule has 0 aromatic carbocycles. The Labute approximate surface area is 99.7 Å². The van der Waals surface area contributed by atoms with Crippen molar-refractivity contribution in [2.24, 2.45) is 0 Å². The molecular formula is C12H13N5. The largest absolute Gasteiger partial charge is 0.351 e. The van der Waals surface area contributed by atoms with E-state index in [0.29, 0.717) is 17.3 Å². The molecule has 0 unspecified atom stereocenters. The smallest absolute Gasteiger partial charge is 0.101 e. The number of rotatable bonds is 3. The van der Waals surface area contributed by atoms with E-state index in [4.69, 9.17) is 5.26 Å². The number of hydrogen-bond donors (Lipinski definition) is 1. The summed E-state index contributed by atoms with van der Waals surface area (Å²) in [6.45, 7) is 4.11. The monoisotopic (exact) mass is 227 g/mol. The summed E-state index contributed by atoms with van der Waals surface area (Å²) >= 11 is 0. The highest BCUT2D eigenvalue weighted by atomic mass is 15.3. The Bertz CT molecular complexity index is 550. The molecule has 1 N–H and O–H groups in total. The van der Waals surface area contributed by atoms with Crippen LogP contribution in [0.25, 0.3) is 0 Å². The lowest BCUT2D eigenvalue weighted by Gasteiger charge is -2.05. The van der Waals surface area contributed by atoms with Gasteiger partial charge in [0.05, 0.1) is 29.3 Å². The molecule has 0 radical (unpaired) electrons. The van der Waals surface area contributed by atoms with Crippen molar-refractivity contribution in [3.63, 3.8) is 0 Å². The summed E-state index contributed by atoms with van der Waals surface area (Å²) in [6.07, 6.45) is 6.86. The van der Waals surface area contributed by atoms with Gasteiger partial charge in [0, 0.05) is 18.4 Å². The summed E-state index contributed by atoms with van der Waals surface area (Å²) in [5, 5.41) is 16.3. The van der Waals surface area contributed by atoms with Crippen molar-refractivity contribution in [2.45, 2.75) is 19.9 Å². The van der Waals surface area contributed by atoms with Gasteiger partial charge < -0.3 is 5.32 Å². The van der Waals surface area contributed by atoms with Crippen molar-refractivity contribution < 1.29 is 0 Å². The first-order chi connectivity index (χ1) is 8.20. The number of nitrogens with zero attached hydrogens (tertiary/aromatic N) is 4. The fourth-order valence-electron chi connectivity index (χ4n) is 1.43. The van der Waals surface area contributed by atoms with E-state index in [2.05, 4.69) is 35.3 Å². The van der Waals surface area contributed by atoms with E-state index in [0.717, 1.165) is 5.69 Å². The van der Waals surface area contributed by atoms with Gasteiger partial charge in [0.25, 0.3) is 0 Å². The molecule has 2 rings (SSSR count). The molecule has 0 saturated carbocycles. The molecule has 86 valence electrons. The Morgan fingerprint density at radius 1 is 1.41 bits per heavy atom. The first-order valence-electron chi connectivity index (χ1n) is 5.36. The molecule has 0 atom stereocenters. The average Bonchev–Trinajstić information content (AvgIpc) is 2.78. The summed E-state index contributed by atoms with van der Waals surface area (Å²) in [7, 11) is 0. The molecule has 2 aromatic rings. The second-order valence-corrected chi connectivity index (χ2v) is 3.96. The molecule has 5 heteroatoms. The SMILES string of the molecule is CC(C)n1cc(Nc2cnccc2C#N)cn1. The zero-order chi connectivity index (χ0) is 12.3. The third-order valence-corrected chi connectivity index (χ3v) is 2.35. The van der Waals surface area contributed by atoms with E-state index < -0.39 is 0 Å². The molecule has 5 nitrogen and oxygen atoms in total. The van der Waals surface area contributed by atoms with Crippen LogP contribution in [0.3, 0.4) is 0 Å². The molecule has 0 aliphatic heterocycles. The maximum absolute atomic E-state index is 8.95. The fraction of sp³-hybridized carbons (Fsp3) is 0.250. The number of nitrogens with one attached hydrogen (secondary N) is 1. The first-order valence-corrected chi connectivity index (χ1v) is 5.36. The maximum atomic E-state index is 8.95. The predicted molar refractivity (Wildman–Crippen MR) is 64.8 cm³/mol. The van der Waals surface area contributed by atoms with Crippen LogP contribution < -0.4 is 5.32 Å². The highest BCUT2D eigenvalue weighted by molar-refractivity contribution is 5.64. The first kappa shape index (κ1) is 11.1. The van der Waals surface area contributed by atoms with Crippen LogP contribution in [0.15, 0.2) is 30.9 Å². The Morgan fingerprint density at radius 2 is 2.24 bits per heavy atom. The van der Waals surface area contributed by atoms with Crippen LogP contribution in [0.5, 0.6) is 0 Å². The number of hydrogen-bond acceptors (Lipinski definition) is 4. The summed E-state index contributed by atoms with van der Waals surface area (Å²) in [4.78, 5) is 3.99. The van der Waals surface area contributed by atoms with Gasteiger partial charge in [-0.25, -0.2) is 0 Å². The zero-order valence-electron chi connectivity index (χ0n) is 9.75. The molecule has 0 saturated heterocycles. The standard InChI is InChI=1S/C12H13N5/c1-9(2)17-8-11(6-15-17)16-12-7-14-4-3-10(12)5-13/h3-4,6-9,16H,1-2H3. The predicted octanol–water partition coefficient (Wildman–Crippen LogP) is 2.47. The van der Waals surface area contributed by atoms with Crippen molar-refractivity contribution in [1.29, 1.82) is 5.26 Å². The van der Waals surface area contributed by atoms with Crippen molar-refractivity contribution in [3.8, 4) is 6.07 Å². The molecule has 2 heterocycles. The van der Waals surface area contributed by atoms with Crippen molar-refractivity contribution in [2.75, 3.05) is 5.32 Å². The number of aromatic nitrogens is 3. The normalized spacial score (nSPS) is 10.2. The number of pyridine rings is 1. The van der Waals surface area contributed by atoms with Crippen LogP contribution in [0, 0.1) is 11.3 Å². The number of anilines is 2. The Kier molecular flexibility index (Phi) is 3.06. The molecule has 0 bridgehead atoms. The van der Waals surface area contributed by atoms with Gasteiger partial charge in [-0.3, -0.25) is 9.67 Å². The van der Waals surface area contributed by atoms with Crippen LogP contribution in [0.4, 0.5) is 11.4 Å². The van der Waals surface area contributed by atoms with E-state index in [9.17, 15) is 0 Å². The van der Waals surface area contributed by atoms with E-state index in [1.807, 2.05) is 10.9 Å². The molecule has 17 heavy (non-hydrogen) atoms. The molecule has 0 aliphatic carbocycles. The quantitative estimate of drug-likeness (QED) is 0.874. The number of nitriles is 1. The van der Waals surface area contributed by atoms with Gasteiger partial charge in [-0.1, -0.05) is 0 Å². The second-order valence-electron chi connectivity index (χ2n) is 3.96. The maximum Gasteiger partial charge on any atom is 0.101 e. The third kappa shape index (κ3) is 2.42. The van der Waals surface area contributed by atoms with Crippen LogP contribution in [-0.2, 0) is 0 Å². The summed E-state index contributed by atoms with van der Waals surface area (Å²) < 4.78 is 1.85. The molecule has 0 fully saturated rings. The van der Waals surface area contributed by atoms with Gasteiger partial charge in [0.15, 0.2) is 0 Å². The van der Waals surface area contributed by atoms with Gasteiger partial charge in [-0.05, 0) is 19.9 Å². The van der Waals surface area contributed by atoms with Crippen molar-refractivity contribution >= 4 is 11.4 Å². The third-order valence-electron chi connectivity index (χ3n) is 2.35. The van der Waals surface area contributed by atoms with Gasteiger partial charge in [-0.2, -0.15) is 10.4 Å². The minimum atomic E-state index is 0.315.